The topological polar surface area (TPSA) is 55.8 Å². The van der Waals surface area contributed by atoms with E-state index in [0.717, 1.165) is 49.1 Å². The molecule has 134 valence electrons. The van der Waals surface area contributed by atoms with Gasteiger partial charge < -0.3 is 10.4 Å². The second-order valence-electron chi connectivity index (χ2n) is 7.06. The predicted molar refractivity (Wildman–Crippen MR) is 101 cm³/mol. The average molecular weight is 341 g/mol. The van der Waals surface area contributed by atoms with E-state index in [0.29, 0.717) is 12.3 Å². The van der Waals surface area contributed by atoms with Crippen molar-refractivity contribution in [3.63, 3.8) is 0 Å². The number of phenols is 1. The van der Waals surface area contributed by atoms with Crippen molar-refractivity contribution >= 4 is 16.7 Å². The van der Waals surface area contributed by atoms with E-state index in [4.69, 9.17) is 0 Å². The molecule has 2 N–H and O–H groups in total. The molecule has 1 heterocycles. The van der Waals surface area contributed by atoms with Gasteiger partial charge in [-0.2, -0.15) is 0 Å². The number of piperazine rings is 1. The third-order valence-electron chi connectivity index (χ3n) is 4.68. The lowest BCUT2D eigenvalue weighted by Gasteiger charge is -2.34. The molecule has 1 aliphatic rings. The molecule has 0 spiro atoms. The molecule has 0 atom stereocenters. The van der Waals surface area contributed by atoms with Crippen LogP contribution in [-0.4, -0.2) is 59.6 Å². The summed E-state index contributed by atoms with van der Waals surface area (Å²) >= 11 is 0. The summed E-state index contributed by atoms with van der Waals surface area (Å²) in [5.74, 6) is 0.451. The minimum Gasteiger partial charge on any atom is -0.508 e. The van der Waals surface area contributed by atoms with Crippen molar-refractivity contribution < 1.29 is 9.90 Å². The highest BCUT2D eigenvalue weighted by atomic mass is 16.3. The van der Waals surface area contributed by atoms with Gasteiger partial charge in [0.2, 0.25) is 5.91 Å². The lowest BCUT2D eigenvalue weighted by atomic mass is 10.0. The van der Waals surface area contributed by atoms with Crippen LogP contribution in [0.1, 0.15) is 19.4 Å². The third kappa shape index (κ3) is 4.50. The molecule has 0 saturated carbocycles. The van der Waals surface area contributed by atoms with E-state index in [2.05, 4.69) is 27.2 Å². The van der Waals surface area contributed by atoms with Crippen LogP contribution in [0.15, 0.2) is 36.4 Å². The Morgan fingerprint density at radius 1 is 1.08 bits per heavy atom. The summed E-state index contributed by atoms with van der Waals surface area (Å²) in [4.78, 5) is 16.4. The molecule has 1 saturated heterocycles. The van der Waals surface area contributed by atoms with E-state index in [-0.39, 0.29) is 11.9 Å². The van der Waals surface area contributed by atoms with Crippen LogP contribution >= 0.6 is 0 Å². The van der Waals surface area contributed by atoms with Gasteiger partial charge in [0.25, 0.3) is 0 Å². The molecule has 5 nitrogen and oxygen atoms in total. The van der Waals surface area contributed by atoms with Crippen molar-refractivity contribution in [2.75, 3.05) is 32.7 Å². The number of carbonyl (C=O) groups is 1. The largest absolute Gasteiger partial charge is 0.508 e. The van der Waals surface area contributed by atoms with Gasteiger partial charge in [-0.25, -0.2) is 0 Å². The monoisotopic (exact) mass is 341 g/mol. The fourth-order valence-corrected chi connectivity index (χ4v) is 3.39. The molecule has 0 unspecified atom stereocenters. The number of amides is 1. The van der Waals surface area contributed by atoms with Gasteiger partial charge in [-0.1, -0.05) is 30.3 Å². The van der Waals surface area contributed by atoms with Gasteiger partial charge in [0.05, 0.1) is 6.54 Å². The van der Waals surface area contributed by atoms with Crippen molar-refractivity contribution in [2.45, 2.75) is 26.4 Å². The highest BCUT2D eigenvalue weighted by Crippen LogP contribution is 2.28. The number of carbonyl (C=O) groups excluding carboxylic acids is 1. The van der Waals surface area contributed by atoms with Crippen molar-refractivity contribution in [3.8, 4) is 5.75 Å². The molecule has 25 heavy (non-hydrogen) atoms. The van der Waals surface area contributed by atoms with Gasteiger partial charge in [0.1, 0.15) is 5.75 Å². The summed E-state index contributed by atoms with van der Waals surface area (Å²) in [6, 6.07) is 12.1. The van der Waals surface area contributed by atoms with Gasteiger partial charge in [-0.15, -0.1) is 0 Å². The quantitative estimate of drug-likeness (QED) is 0.875. The molecule has 5 heteroatoms. The highest BCUT2D eigenvalue weighted by Gasteiger charge is 2.20. The molecular formula is C20H27N3O2. The van der Waals surface area contributed by atoms with Crippen LogP contribution in [-0.2, 0) is 11.3 Å². The summed E-state index contributed by atoms with van der Waals surface area (Å²) in [6.45, 7) is 8.70. The summed E-state index contributed by atoms with van der Waals surface area (Å²) in [7, 11) is 0. The first-order valence-corrected chi connectivity index (χ1v) is 8.96. The number of phenolic OH excluding ortho intramolecular Hbond substituents is 1. The zero-order valence-corrected chi connectivity index (χ0v) is 15.0. The second kappa shape index (κ2) is 7.85. The van der Waals surface area contributed by atoms with Gasteiger partial charge in [-0.05, 0) is 30.7 Å². The van der Waals surface area contributed by atoms with E-state index in [1.807, 2.05) is 32.0 Å². The molecule has 2 aromatic carbocycles. The maximum absolute atomic E-state index is 11.9. The molecule has 0 radical (unpaired) electrons. The number of hydrogen-bond acceptors (Lipinski definition) is 4. The van der Waals surface area contributed by atoms with Crippen LogP contribution in [0.5, 0.6) is 5.75 Å². The van der Waals surface area contributed by atoms with E-state index < -0.39 is 0 Å². The van der Waals surface area contributed by atoms with E-state index in [1.54, 1.807) is 6.07 Å². The summed E-state index contributed by atoms with van der Waals surface area (Å²) in [5, 5.41) is 15.5. The van der Waals surface area contributed by atoms with Crippen molar-refractivity contribution in [3.05, 3.63) is 42.0 Å². The number of aromatic hydroxyl groups is 1. The zero-order valence-electron chi connectivity index (χ0n) is 15.0. The van der Waals surface area contributed by atoms with Gasteiger partial charge >= 0.3 is 0 Å². The normalized spacial score (nSPS) is 16.4. The predicted octanol–water partition coefficient (Wildman–Crippen LogP) is 2.19. The van der Waals surface area contributed by atoms with Crippen LogP contribution in [0.25, 0.3) is 10.8 Å². The lowest BCUT2D eigenvalue weighted by molar-refractivity contribution is -0.123. The summed E-state index contributed by atoms with van der Waals surface area (Å²) in [6.07, 6.45) is 0. The van der Waals surface area contributed by atoms with E-state index in [9.17, 15) is 9.90 Å². The van der Waals surface area contributed by atoms with Gasteiger partial charge in [-0.3, -0.25) is 14.6 Å². The fourth-order valence-electron chi connectivity index (χ4n) is 3.39. The number of nitrogens with zero attached hydrogens (tertiary/aromatic N) is 2. The molecule has 0 aromatic heterocycles. The SMILES string of the molecule is CC(C)NC(=O)CN1CCN(Cc2c(O)ccc3ccccc23)CC1. The molecule has 1 aliphatic heterocycles. The fraction of sp³-hybridized carbons (Fsp3) is 0.450. The number of rotatable bonds is 5. The van der Waals surface area contributed by atoms with Crippen molar-refractivity contribution in [1.82, 2.24) is 15.1 Å². The van der Waals surface area contributed by atoms with Gasteiger partial charge in [0, 0.05) is 44.3 Å². The first-order chi connectivity index (χ1) is 12.0. The Kier molecular flexibility index (Phi) is 5.56. The molecule has 0 bridgehead atoms. The third-order valence-corrected chi connectivity index (χ3v) is 4.68. The van der Waals surface area contributed by atoms with Crippen molar-refractivity contribution in [1.29, 1.82) is 0 Å². The molecule has 0 aliphatic carbocycles. The minimum atomic E-state index is 0.0927. The van der Waals surface area contributed by atoms with Gasteiger partial charge in [0.15, 0.2) is 0 Å². The summed E-state index contributed by atoms with van der Waals surface area (Å²) in [5.41, 5.74) is 0.990. The van der Waals surface area contributed by atoms with E-state index in [1.165, 1.54) is 0 Å². The molecule has 2 aromatic rings. The number of benzene rings is 2. The highest BCUT2D eigenvalue weighted by molar-refractivity contribution is 5.87. The Hall–Kier alpha value is -2.11. The Morgan fingerprint density at radius 2 is 1.76 bits per heavy atom. The maximum atomic E-state index is 11.9. The molecular weight excluding hydrogens is 314 g/mol. The number of fused-ring (bicyclic) bond motifs is 1. The second-order valence-corrected chi connectivity index (χ2v) is 7.06. The molecule has 1 fully saturated rings. The standard InChI is InChI=1S/C20H27N3O2/c1-15(2)21-20(25)14-23-11-9-22(10-12-23)13-18-17-6-4-3-5-16(17)7-8-19(18)24/h3-8,15,24H,9-14H2,1-2H3,(H,21,25). The Morgan fingerprint density at radius 3 is 2.48 bits per heavy atom. The summed E-state index contributed by atoms with van der Waals surface area (Å²) < 4.78 is 0. The maximum Gasteiger partial charge on any atom is 0.234 e. The Bertz CT molecular complexity index is 737. The van der Waals surface area contributed by atoms with Crippen LogP contribution < -0.4 is 5.32 Å². The molecule has 1 amide bonds. The van der Waals surface area contributed by atoms with E-state index >= 15 is 0 Å². The van der Waals surface area contributed by atoms with Crippen LogP contribution in [0.2, 0.25) is 0 Å². The first kappa shape index (κ1) is 17.7. The number of nitrogens with one attached hydrogen (secondary N) is 1. The lowest BCUT2D eigenvalue weighted by Crippen LogP contribution is -2.49. The Labute approximate surface area is 149 Å². The van der Waals surface area contributed by atoms with Crippen LogP contribution in [0.4, 0.5) is 0 Å². The van der Waals surface area contributed by atoms with Crippen LogP contribution in [0.3, 0.4) is 0 Å². The van der Waals surface area contributed by atoms with Crippen molar-refractivity contribution in [2.24, 2.45) is 0 Å². The molecule has 3 rings (SSSR count). The first-order valence-electron chi connectivity index (χ1n) is 8.96. The smallest absolute Gasteiger partial charge is 0.234 e. The zero-order chi connectivity index (χ0) is 17.8. The van der Waals surface area contributed by atoms with Crippen LogP contribution in [0, 0.1) is 0 Å². The average Bonchev–Trinajstić information content (AvgIpc) is 2.58. The minimum absolute atomic E-state index is 0.0927. The Balaban J connectivity index is 1.60. The number of hydrogen-bond donors (Lipinski definition) is 2.